The van der Waals surface area contributed by atoms with Crippen LogP contribution in [0.15, 0.2) is 30.5 Å². The molecule has 1 aliphatic heterocycles. The Morgan fingerprint density at radius 1 is 1.45 bits per heavy atom. The van der Waals surface area contributed by atoms with Crippen LogP contribution in [0, 0.1) is 5.82 Å². The molecule has 0 bridgehead atoms. The number of halogens is 2. The number of amides is 1. The molecule has 0 spiro atoms. The van der Waals surface area contributed by atoms with E-state index in [-0.39, 0.29) is 17.8 Å². The van der Waals surface area contributed by atoms with Crippen LogP contribution in [0.5, 0.6) is 0 Å². The SMILES string of the molecule is CCn1ncc(Cl)c1C(=O)N1CCC[C@H]1c1ccccc1F. The van der Waals surface area contributed by atoms with E-state index in [0.717, 1.165) is 12.8 Å². The minimum atomic E-state index is -0.276. The average Bonchev–Trinajstić information content (AvgIpc) is 3.13. The maximum Gasteiger partial charge on any atom is 0.274 e. The van der Waals surface area contributed by atoms with Gasteiger partial charge in [-0.3, -0.25) is 9.48 Å². The number of rotatable bonds is 3. The fraction of sp³-hybridized carbons (Fsp3) is 0.375. The summed E-state index contributed by atoms with van der Waals surface area (Å²) in [6.45, 7) is 3.06. The van der Waals surface area contributed by atoms with Crippen molar-refractivity contribution < 1.29 is 9.18 Å². The number of nitrogens with zero attached hydrogens (tertiary/aromatic N) is 3. The fourth-order valence-electron chi connectivity index (χ4n) is 3.03. The maximum absolute atomic E-state index is 14.1. The third kappa shape index (κ3) is 2.50. The summed E-state index contributed by atoms with van der Waals surface area (Å²) >= 11 is 6.12. The van der Waals surface area contributed by atoms with E-state index in [1.165, 1.54) is 12.3 Å². The van der Waals surface area contributed by atoms with Gasteiger partial charge in [0.15, 0.2) is 0 Å². The zero-order valence-electron chi connectivity index (χ0n) is 12.3. The van der Waals surface area contributed by atoms with Crippen LogP contribution in [0.2, 0.25) is 5.02 Å². The Hall–Kier alpha value is -1.88. The van der Waals surface area contributed by atoms with Crippen LogP contribution in [-0.2, 0) is 6.54 Å². The van der Waals surface area contributed by atoms with Gasteiger partial charge >= 0.3 is 0 Å². The van der Waals surface area contributed by atoms with Crippen LogP contribution in [-0.4, -0.2) is 27.1 Å². The number of benzene rings is 1. The Morgan fingerprint density at radius 3 is 2.95 bits per heavy atom. The first-order chi connectivity index (χ1) is 10.6. The monoisotopic (exact) mass is 321 g/mol. The van der Waals surface area contributed by atoms with Gasteiger partial charge in [-0.15, -0.1) is 0 Å². The number of hydrogen-bond acceptors (Lipinski definition) is 2. The molecule has 2 aromatic rings. The molecule has 22 heavy (non-hydrogen) atoms. The molecule has 1 aliphatic rings. The van der Waals surface area contributed by atoms with Crippen LogP contribution >= 0.6 is 11.6 Å². The largest absolute Gasteiger partial charge is 0.330 e. The highest BCUT2D eigenvalue weighted by Gasteiger charge is 2.34. The molecule has 0 N–H and O–H groups in total. The van der Waals surface area contributed by atoms with Gasteiger partial charge in [-0.05, 0) is 25.8 Å². The molecule has 6 heteroatoms. The van der Waals surface area contributed by atoms with E-state index in [4.69, 9.17) is 11.6 Å². The first kappa shape index (κ1) is 15.0. The number of carbonyl (C=O) groups is 1. The summed E-state index contributed by atoms with van der Waals surface area (Å²) in [6.07, 6.45) is 3.08. The van der Waals surface area contributed by atoms with E-state index in [0.29, 0.717) is 29.4 Å². The van der Waals surface area contributed by atoms with Gasteiger partial charge in [0.1, 0.15) is 11.5 Å². The lowest BCUT2D eigenvalue weighted by Crippen LogP contribution is -2.32. The quantitative estimate of drug-likeness (QED) is 0.865. The van der Waals surface area contributed by atoms with Gasteiger partial charge in [0.05, 0.1) is 17.3 Å². The van der Waals surface area contributed by atoms with Gasteiger partial charge in [-0.25, -0.2) is 4.39 Å². The minimum Gasteiger partial charge on any atom is -0.330 e. The average molecular weight is 322 g/mol. The lowest BCUT2D eigenvalue weighted by atomic mass is 10.0. The topological polar surface area (TPSA) is 38.1 Å². The van der Waals surface area contributed by atoms with Gasteiger partial charge < -0.3 is 4.90 Å². The first-order valence-electron chi connectivity index (χ1n) is 7.40. The third-order valence-electron chi connectivity index (χ3n) is 4.07. The highest BCUT2D eigenvalue weighted by molar-refractivity contribution is 6.33. The van der Waals surface area contributed by atoms with Crippen molar-refractivity contribution in [3.8, 4) is 0 Å². The molecule has 3 rings (SSSR count). The van der Waals surface area contributed by atoms with E-state index in [1.807, 2.05) is 6.92 Å². The molecule has 0 saturated carbocycles. The molecular weight excluding hydrogens is 305 g/mol. The molecule has 1 fully saturated rings. The molecule has 116 valence electrons. The Balaban J connectivity index is 1.95. The normalized spacial score (nSPS) is 18.0. The molecule has 1 aromatic carbocycles. The smallest absolute Gasteiger partial charge is 0.274 e. The summed E-state index contributed by atoms with van der Waals surface area (Å²) in [5.74, 6) is -0.461. The van der Waals surface area contributed by atoms with Crippen molar-refractivity contribution in [2.45, 2.75) is 32.4 Å². The molecule has 1 aromatic heterocycles. The lowest BCUT2D eigenvalue weighted by molar-refractivity contribution is 0.0721. The van der Waals surface area contributed by atoms with E-state index in [9.17, 15) is 9.18 Å². The maximum atomic E-state index is 14.1. The van der Waals surface area contributed by atoms with Crippen molar-refractivity contribution in [3.63, 3.8) is 0 Å². The van der Waals surface area contributed by atoms with Crippen LogP contribution in [0.3, 0.4) is 0 Å². The van der Waals surface area contributed by atoms with E-state index >= 15 is 0 Å². The standard InChI is InChI=1S/C16H17ClFN3O/c1-2-21-15(12(17)10-19-21)16(22)20-9-5-8-14(20)11-6-3-4-7-13(11)18/h3-4,6-7,10,14H,2,5,8-9H2,1H3/t14-/m0/s1. The summed E-state index contributed by atoms with van der Waals surface area (Å²) in [5, 5.41) is 4.44. The van der Waals surface area contributed by atoms with Crippen molar-refractivity contribution in [2.75, 3.05) is 6.54 Å². The molecule has 1 amide bonds. The summed E-state index contributed by atoms with van der Waals surface area (Å²) in [6, 6.07) is 6.38. The van der Waals surface area contributed by atoms with Gasteiger partial charge in [0.2, 0.25) is 0 Å². The molecule has 0 radical (unpaired) electrons. The minimum absolute atomic E-state index is 0.185. The zero-order chi connectivity index (χ0) is 15.7. The van der Waals surface area contributed by atoms with E-state index in [2.05, 4.69) is 5.10 Å². The fourth-order valence-corrected chi connectivity index (χ4v) is 3.25. The molecule has 4 nitrogen and oxygen atoms in total. The Bertz CT molecular complexity index is 700. The van der Waals surface area contributed by atoms with Crippen LogP contribution in [0.25, 0.3) is 0 Å². The molecule has 1 atom stereocenters. The summed E-state index contributed by atoms with van der Waals surface area (Å²) in [4.78, 5) is 14.6. The molecule has 0 aliphatic carbocycles. The van der Waals surface area contributed by atoms with Gasteiger partial charge in [-0.1, -0.05) is 29.8 Å². The second-order valence-corrected chi connectivity index (χ2v) is 5.74. The first-order valence-corrected chi connectivity index (χ1v) is 7.78. The summed E-state index contributed by atoms with van der Waals surface area (Å²) < 4.78 is 15.6. The van der Waals surface area contributed by atoms with Crippen molar-refractivity contribution >= 4 is 17.5 Å². The second kappa shape index (κ2) is 6.08. The predicted octanol–water partition coefficient (Wildman–Crippen LogP) is 3.67. The van der Waals surface area contributed by atoms with Crippen molar-refractivity contribution in [2.24, 2.45) is 0 Å². The summed E-state index contributed by atoms with van der Waals surface area (Å²) in [5.41, 5.74) is 0.944. The highest BCUT2D eigenvalue weighted by Crippen LogP contribution is 2.35. The Morgan fingerprint density at radius 2 is 2.23 bits per heavy atom. The number of aryl methyl sites for hydroxylation is 1. The molecular formula is C16H17ClFN3O. The Labute approximate surface area is 133 Å². The van der Waals surface area contributed by atoms with Crippen molar-refractivity contribution in [3.05, 3.63) is 52.6 Å². The number of likely N-dealkylation sites (tertiary alicyclic amines) is 1. The number of aromatic nitrogens is 2. The van der Waals surface area contributed by atoms with Crippen molar-refractivity contribution in [1.82, 2.24) is 14.7 Å². The van der Waals surface area contributed by atoms with Gasteiger partial charge in [-0.2, -0.15) is 5.10 Å². The van der Waals surface area contributed by atoms with Crippen molar-refractivity contribution in [1.29, 1.82) is 0 Å². The lowest BCUT2D eigenvalue weighted by Gasteiger charge is -2.25. The molecule has 2 heterocycles. The number of hydrogen-bond donors (Lipinski definition) is 0. The van der Waals surface area contributed by atoms with E-state index in [1.54, 1.807) is 27.8 Å². The van der Waals surface area contributed by atoms with E-state index < -0.39 is 0 Å². The number of carbonyl (C=O) groups excluding carboxylic acids is 1. The predicted molar refractivity (Wildman–Crippen MR) is 82.3 cm³/mol. The Kier molecular flexibility index (Phi) is 4.16. The molecule has 0 unspecified atom stereocenters. The van der Waals surface area contributed by atoms with Crippen LogP contribution in [0.4, 0.5) is 4.39 Å². The van der Waals surface area contributed by atoms with Gasteiger partial charge in [0, 0.05) is 18.7 Å². The molecule has 1 saturated heterocycles. The third-order valence-corrected chi connectivity index (χ3v) is 4.35. The highest BCUT2D eigenvalue weighted by atomic mass is 35.5. The zero-order valence-corrected chi connectivity index (χ0v) is 13.1. The van der Waals surface area contributed by atoms with Gasteiger partial charge in [0.25, 0.3) is 5.91 Å². The van der Waals surface area contributed by atoms with Crippen LogP contribution in [0.1, 0.15) is 41.9 Å². The second-order valence-electron chi connectivity index (χ2n) is 5.33. The van der Waals surface area contributed by atoms with Crippen LogP contribution < -0.4 is 0 Å². The summed E-state index contributed by atoms with van der Waals surface area (Å²) in [7, 11) is 0.